The molecule has 1 N–H and O–H groups in total. The average Bonchev–Trinajstić information content (AvgIpc) is 2.86. The molecule has 0 spiro atoms. The van der Waals surface area contributed by atoms with Crippen molar-refractivity contribution in [1.29, 1.82) is 0 Å². The Morgan fingerprint density at radius 3 is 1.08 bits per heavy atom. The van der Waals surface area contributed by atoms with Crippen molar-refractivity contribution in [3.05, 3.63) is 0 Å². The van der Waals surface area contributed by atoms with Crippen LogP contribution >= 0.6 is 0 Å². The number of carboxylic acid groups (broad SMARTS) is 1. The number of carbonyl (C=O) groups is 2. The van der Waals surface area contributed by atoms with Crippen molar-refractivity contribution >= 4 is 11.9 Å². The fourth-order valence-electron chi connectivity index (χ4n) is 4.87. The Kier molecular flexibility index (Phi) is 31.4. The predicted octanol–water partition coefficient (Wildman–Crippen LogP) is 10.8. The maximum atomic E-state index is 11.8. The molecular formula is C34H69NO3. The molecule has 0 aromatic rings. The van der Waals surface area contributed by atoms with Gasteiger partial charge in [-0.25, -0.2) is 0 Å². The molecule has 228 valence electrons. The topological polar surface area (TPSA) is 57.6 Å². The predicted molar refractivity (Wildman–Crippen MR) is 167 cm³/mol. The van der Waals surface area contributed by atoms with Gasteiger partial charge in [0, 0.05) is 25.9 Å². The van der Waals surface area contributed by atoms with Gasteiger partial charge in [-0.05, 0) is 38.5 Å². The molecule has 0 aliphatic heterocycles. The van der Waals surface area contributed by atoms with Crippen LogP contribution in [-0.4, -0.2) is 35.0 Å². The summed E-state index contributed by atoms with van der Waals surface area (Å²) >= 11 is 0. The van der Waals surface area contributed by atoms with E-state index < -0.39 is 5.97 Å². The summed E-state index contributed by atoms with van der Waals surface area (Å²) in [6, 6.07) is 0. The number of hydrogen-bond acceptors (Lipinski definition) is 2. The van der Waals surface area contributed by atoms with Crippen molar-refractivity contribution in [3.8, 4) is 0 Å². The molecule has 0 rings (SSSR count). The van der Waals surface area contributed by atoms with Crippen LogP contribution in [0.2, 0.25) is 0 Å². The van der Waals surface area contributed by atoms with Crippen molar-refractivity contribution in [2.75, 3.05) is 13.1 Å². The standard InChI is InChI=1S/C19H39NO.C15H30O2/c1-5-20(6-2)19(21)17-15-13-11-9-7-8-10-12-14-16-18(3)4;1-14(2)12-10-8-6-4-3-5-7-9-11-13-15(16)17/h18H,5-17H2,1-4H3;14H,3-13H2,1-2H3,(H,16,17). The first kappa shape index (κ1) is 39.1. The van der Waals surface area contributed by atoms with Gasteiger partial charge in [0.05, 0.1) is 0 Å². The molecule has 4 nitrogen and oxygen atoms in total. The first-order valence-corrected chi connectivity index (χ1v) is 16.7. The van der Waals surface area contributed by atoms with Crippen LogP contribution in [0.15, 0.2) is 0 Å². The Hall–Kier alpha value is -1.06. The van der Waals surface area contributed by atoms with E-state index in [0.29, 0.717) is 12.3 Å². The summed E-state index contributed by atoms with van der Waals surface area (Å²) in [5, 5.41) is 8.48. The summed E-state index contributed by atoms with van der Waals surface area (Å²) in [6.07, 6.45) is 27.1. The Morgan fingerprint density at radius 2 is 0.789 bits per heavy atom. The Morgan fingerprint density at radius 1 is 0.500 bits per heavy atom. The van der Waals surface area contributed by atoms with E-state index in [4.69, 9.17) is 5.11 Å². The van der Waals surface area contributed by atoms with Gasteiger partial charge in [0.2, 0.25) is 5.91 Å². The molecule has 0 aromatic carbocycles. The smallest absolute Gasteiger partial charge is 0.303 e. The third-order valence-corrected chi connectivity index (χ3v) is 7.46. The zero-order valence-electron chi connectivity index (χ0n) is 26.8. The van der Waals surface area contributed by atoms with Gasteiger partial charge in [-0.3, -0.25) is 9.59 Å². The largest absolute Gasteiger partial charge is 0.481 e. The normalized spacial score (nSPS) is 11.1. The van der Waals surface area contributed by atoms with Gasteiger partial charge in [-0.15, -0.1) is 0 Å². The Labute approximate surface area is 239 Å². The third-order valence-electron chi connectivity index (χ3n) is 7.46. The van der Waals surface area contributed by atoms with Crippen LogP contribution < -0.4 is 0 Å². The van der Waals surface area contributed by atoms with Crippen molar-refractivity contribution < 1.29 is 14.7 Å². The van der Waals surface area contributed by atoms with E-state index in [1.165, 1.54) is 109 Å². The Bertz CT molecular complexity index is 500. The molecule has 0 radical (unpaired) electrons. The number of aliphatic carboxylic acids is 1. The van der Waals surface area contributed by atoms with E-state index in [1.54, 1.807) is 0 Å². The molecule has 4 heteroatoms. The van der Waals surface area contributed by atoms with Gasteiger partial charge in [0.1, 0.15) is 0 Å². The second-order valence-electron chi connectivity index (χ2n) is 12.2. The zero-order valence-corrected chi connectivity index (χ0v) is 26.8. The monoisotopic (exact) mass is 540 g/mol. The lowest BCUT2D eigenvalue weighted by Gasteiger charge is -2.18. The fourth-order valence-corrected chi connectivity index (χ4v) is 4.87. The number of rotatable bonds is 26. The van der Waals surface area contributed by atoms with Gasteiger partial charge < -0.3 is 10.0 Å². The molecule has 0 saturated heterocycles. The van der Waals surface area contributed by atoms with Crippen LogP contribution in [0, 0.1) is 11.8 Å². The number of carboxylic acids is 1. The molecule has 1 amide bonds. The van der Waals surface area contributed by atoms with Crippen LogP contribution in [0.4, 0.5) is 0 Å². The minimum absolute atomic E-state index is 0.338. The molecular weight excluding hydrogens is 470 g/mol. The highest BCUT2D eigenvalue weighted by atomic mass is 16.4. The summed E-state index contributed by atoms with van der Waals surface area (Å²) in [5.74, 6) is 1.40. The zero-order chi connectivity index (χ0) is 28.9. The molecule has 0 saturated carbocycles. The van der Waals surface area contributed by atoms with E-state index >= 15 is 0 Å². The van der Waals surface area contributed by atoms with E-state index in [9.17, 15) is 9.59 Å². The Balaban J connectivity index is 0. The minimum Gasteiger partial charge on any atom is -0.481 e. The van der Waals surface area contributed by atoms with Gasteiger partial charge in [-0.2, -0.15) is 0 Å². The number of carbonyl (C=O) groups excluding carboxylic acids is 1. The summed E-state index contributed by atoms with van der Waals surface area (Å²) in [5.41, 5.74) is 0. The second kappa shape index (κ2) is 30.5. The fraction of sp³-hybridized carbons (Fsp3) is 0.941. The summed E-state index contributed by atoms with van der Waals surface area (Å²) in [6.45, 7) is 15.0. The van der Waals surface area contributed by atoms with Crippen LogP contribution in [0.5, 0.6) is 0 Å². The van der Waals surface area contributed by atoms with Crippen LogP contribution in [0.25, 0.3) is 0 Å². The lowest BCUT2D eigenvalue weighted by atomic mass is 10.0. The van der Waals surface area contributed by atoms with E-state index in [-0.39, 0.29) is 0 Å². The molecule has 0 bridgehead atoms. The highest BCUT2D eigenvalue weighted by Gasteiger charge is 2.08. The molecule has 0 aliphatic rings. The summed E-state index contributed by atoms with van der Waals surface area (Å²) < 4.78 is 0. The molecule has 38 heavy (non-hydrogen) atoms. The maximum Gasteiger partial charge on any atom is 0.303 e. The third kappa shape index (κ3) is 33.0. The average molecular weight is 540 g/mol. The lowest BCUT2D eigenvalue weighted by Crippen LogP contribution is -2.30. The quantitative estimate of drug-likeness (QED) is 0.111. The van der Waals surface area contributed by atoms with Crippen molar-refractivity contribution in [2.24, 2.45) is 11.8 Å². The van der Waals surface area contributed by atoms with Crippen LogP contribution in [0.3, 0.4) is 0 Å². The van der Waals surface area contributed by atoms with Gasteiger partial charge in [-0.1, -0.05) is 143 Å². The minimum atomic E-state index is -0.657. The van der Waals surface area contributed by atoms with Crippen LogP contribution in [0.1, 0.15) is 183 Å². The maximum absolute atomic E-state index is 11.8. The SMILES string of the molecule is CC(C)CCCCCCCCCCCC(=O)O.CCN(CC)C(=O)CCCCCCCCCCCC(C)C. The lowest BCUT2D eigenvalue weighted by molar-refractivity contribution is -0.137. The molecule has 0 unspecified atom stereocenters. The molecule has 0 heterocycles. The van der Waals surface area contributed by atoms with Crippen molar-refractivity contribution in [3.63, 3.8) is 0 Å². The van der Waals surface area contributed by atoms with E-state index in [2.05, 4.69) is 41.5 Å². The van der Waals surface area contributed by atoms with E-state index in [1.807, 2.05) is 4.90 Å². The number of nitrogens with zero attached hydrogens (tertiary/aromatic N) is 1. The second-order valence-corrected chi connectivity index (χ2v) is 12.2. The van der Waals surface area contributed by atoms with Gasteiger partial charge in [0.25, 0.3) is 0 Å². The number of unbranched alkanes of at least 4 members (excludes halogenated alkanes) is 16. The highest BCUT2D eigenvalue weighted by molar-refractivity contribution is 5.76. The van der Waals surface area contributed by atoms with Gasteiger partial charge >= 0.3 is 5.97 Å². The van der Waals surface area contributed by atoms with Crippen molar-refractivity contribution in [2.45, 2.75) is 183 Å². The summed E-state index contributed by atoms with van der Waals surface area (Å²) in [4.78, 5) is 24.0. The molecule has 0 atom stereocenters. The first-order valence-electron chi connectivity index (χ1n) is 16.7. The van der Waals surface area contributed by atoms with Gasteiger partial charge in [0.15, 0.2) is 0 Å². The molecule has 0 aromatic heterocycles. The number of hydrogen-bond donors (Lipinski definition) is 1. The first-order chi connectivity index (χ1) is 18.2. The van der Waals surface area contributed by atoms with Crippen LogP contribution in [-0.2, 0) is 9.59 Å². The summed E-state index contributed by atoms with van der Waals surface area (Å²) in [7, 11) is 0. The van der Waals surface area contributed by atoms with E-state index in [0.717, 1.165) is 50.6 Å². The number of amides is 1. The highest BCUT2D eigenvalue weighted by Crippen LogP contribution is 2.15. The molecule has 0 aliphatic carbocycles. The van der Waals surface area contributed by atoms with Crippen molar-refractivity contribution in [1.82, 2.24) is 4.90 Å². The molecule has 0 fully saturated rings.